The summed E-state index contributed by atoms with van der Waals surface area (Å²) in [7, 11) is 0. The molecule has 0 bridgehead atoms. The molecule has 0 aliphatic heterocycles. The summed E-state index contributed by atoms with van der Waals surface area (Å²) in [6.45, 7) is 11.8. The Kier molecular flexibility index (Phi) is 54.6. The number of benzene rings is 3. The van der Waals surface area contributed by atoms with E-state index in [-0.39, 0.29) is 0 Å². The average Bonchev–Trinajstić information content (AvgIpc) is 1.20. The third kappa shape index (κ3) is 40.2. The van der Waals surface area contributed by atoms with Crippen molar-refractivity contribution in [2.24, 2.45) is 0 Å². The number of unbranched alkanes of at least 4 members (excludes halogenated alkanes) is 56. The van der Waals surface area contributed by atoms with Crippen molar-refractivity contribution < 1.29 is 18.9 Å². The molecule has 0 spiro atoms. The second-order valence-electron chi connectivity index (χ2n) is 27.4. The normalized spacial score (nSPS) is 11.7. The third-order valence-corrected chi connectivity index (χ3v) is 20.0. The van der Waals surface area contributed by atoms with Crippen LogP contribution in [-0.2, 0) is 0 Å². The van der Waals surface area contributed by atoms with Crippen LogP contribution >= 0.6 is 23.2 Å². The van der Waals surface area contributed by atoms with Gasteiger partial charge in [-0.2, -0.15) is 0 Å². The minimum absolute atomic E-state index is 0.516. The van der Waals surface area contributed by atoms with E-state index in [1.165, 1.54) is 347 Å². The minimum atomic E-state index is 0.516. The molecule has 0 N–H and O–H groups in total. The van der Waals surface area contributed by atoms with Gasteiger partial charge < -0.3 is 18.9 Å². The summed E-state index contributed by atoms with van der Waals surface area (Å²) >= 11 is 14.4. The first-order chi connectivity index (χ1) is 43.6. The molecule has 0 heterocycles. The highest BCUT2D eigenvalue weighted by Crippen LogP contribution is 2.53. The zero-order valence-corrected chi connectivity index (χ0v) is 60.5. The molecule has 0 atom stereocenters. The Bertz CT molecular complexity index is 2000. The molecule has 3 aromatic carbocycles. The molecule has 0 radical (unpaired) electrons. The van der Waals surface area contributed by atoms with Crippen LogP contribution in [0.15, 0.2) is 24.3 Å². The lowest BCUT2D eigenvalue weighted by Crippen LogP contribution is -2.06. The lowest BCUT2D eigenvalue weighted by atomic mass is 9.98. The average molecular weight is 1260 g/mol. The molecule has 0 saturated carbocycles. The smallest absolute Gasteiger partial charge is 0.140 e. The molecule has 0 aromatic heterocycles. The molecular formula is C82H144Cl2O4. The molecule has 510 valence electrons. The van der Waals surface area contributed by atoms with Gasteiger partial charge in [0.2, 0.25) is 0 Å². The molecule has 88 heavy (non-hydrogen) atoms. The molecule has 0 fully saturated rings. The molecule has 4 nitrogen and oxygen atoms in total. The van der Waals surface area contributed by atoms with E-state index < -0.39 is 0 Å². The molecule has 0 saturated heterocycles. The lowest BCUT2D eigenvalue weighted by Gasteiger charge is -2.23. The van der Waals surface area contributed by atoms with Crippen LogP contribution in [0, 0.1) is 0 Å². The second-order valence-corrected chi connectivity index (χ2v) is 28.2. The quantitative estimate of drug-likeness (QED) is 0.0417. The Morgan fingerprint density at radius 2 is 0.420 bits per heavy atom. The fourth-order valence-electron chi connectivity index (χ4n) is 13.4. The summed E-state index contributed by atoms with van der Waals surface area (Å²) in [4.78, 5) is 0. The van der Waals surface area contributed by atoms with Gasteiger partial charge >= 0.3 is 0 Å². The number of hydrogen-bond donors (Lipinski definition) is 0. The number of fused-ring (bicyclic) bond motifs is 2. The maximum Gasteiger partial charge on any atom is 0.140 e. The van der Waals surface area contributed by atoms with Gasteiger partial charge in [-0.15, -0.1) is 0 Å². The zero-order valence-electron chi connectivity index (χ0n) is 59.0. The Morgan fingerprint density at radius 3 is 0.670 bits per heavy atom. The predicted molar refractivity (Wildman–Crippen MR) is 393 cm³/mol. The van der Waals surface area contributed by atoms with Crippen LogP contribution in [0.25, 0.3) is 21.5 Å². The first-order valence-corrected chi connectivity index (χ1v) is 40.3. The maximum atomic E-state index is 7.40. The summed E-state index contributed by atoms with van der Waals surface area (Å²) in [5.74, 6) is 3.24. The number of rotatable bonds is 68. The van der Waals surface area contributed by atoms with E-state index in [0.29, 0.717) is 36.5 Å². The lowest BCUT2D eigenvalue weighted by molar-refractivity contribution is 0.290. The fraction of sp³-hybridized carbons (Fsp3) is 0.829. The van der Waals surface area contributed by atoms with Crippen LogP contribution in [0.5, 0.6) is 23.0 Å². The molecule has 0 amide bonds. The van der Waals surface area contributed by atoms with E-state index in [2.05, 4.69) is 45.9 Å². The SMILES string of the molecule is CCCCCCCCCCCCCCCCCOc1ccc(OCCCCCCCCCCCCCCCCC)c2c(OCCCCCCCCCCCCCCCCC)c3c(Cl)c(Cl)ccc3c(OCCCCCCCCCCCCCCCCC)c12. The number of halogens is 2. The monoisotopic (exact) mass is 1260 g/mol. The van der Waals surface area contributed by atoms with Crippen LogP contribution in [0.1, 0.15) is 413 Å². The third-order valence-electron chi connectivity index (χ3n) is 19.1. The molecule has 6 heteroatoms. The molecule has 0 aliphatic rings. The summed E-state index contributed by atoms with van der Waals surface area (Å²) in [6, 6.07) is 8.33. The fourth-order valence-corrected chi connectivity index (χ4v) is 13.8. The van der Waals surface area contributed by atoms with E-state index in [9.17, 15) is 0 Å². The first-order valence-electron chi connectivity index (χ1n) is 39.5. The Morgan fingerprint density at radius 1 is 0.216 bits per heavy atom. The molecule has 3 rings (SSSR count). The summed E-state index contributed by atoms with van der Waals surface area (Å²) in [5, 5.41) is 4.67. The van der Waals surface area contributed by atoms with Gasteiger partial charge in [0.15, 0.2) is 0 Å². The van der Waals surface area contributed by atoms with Gasteiger partial charge in [-0.25, -0.2) is 0 Å². The van der Waals surface area contributed by atoms with Gasteiger partial charge in [0.1, 0.15) is 23.0 Å². The van der Waals surface area contributed by atoms with E-state index in [1.807, 2.05) is 6.07 Å². The first kappa shape index (κ1) is 80.2. The van der Waals surface area contributed by atoms with Gasteiger partial charge in [-0.1, -0.05) is 410 Å². The van der Waals surface area contributed by atoms with Gasteiger partial charge in [-0.05, 0) is 49.9 Å². The van der Waals surface area contributed by atoms with Crippen molar-refractivity contribution in [1.29, 1.82) is 0 Å². The van der Waals surface area contributed by atoms with Gasteiger partial charge in [-0.3, -0.25) is 0 Å². The van der Waals surface area contributed by atoms with Crippen molar-refractivity contribution >= 4 is 44.7 Å². The Hall–Kier alpha value is -2.04. The zero-order chi connectivity index (χ0) is 62.7. The summed E-state index contributed by atoms with van der Waals surface area (Å²) < 4.78 is 28.1. The highest BCUT2D eigenvalue weighted by atomic mass is 35.5. The Labute approximate surface area is 557 Å². The van der Waals surface area contributed by atoms with Crippen LogP contribution in [0.2, 0.25) is 10.0 Å². The van der Waals surface area contributed by atoms with E-state index >= 15 is 0 Å². The number of hydrogen-bond acceptors (Lipinski definition) is 4. The minimum Gasteiger partial charge on any atom is -0.493 e. The molecular weight excluding hydrogens is 1120 g/mol. The van der Waals surface area contributed by atoms with E-state index in [1.54, 1.807) is 0 Å². The van der Waals surface area contributed by atoms with Crippen molar-refractivity contribution in [1.82, 2.24) is 0 Å². The van der Waals surface area contributed by atoms with Crippen molar-refractivity contribution in [2.75, 3.05) is 26.4 Å². The summed E-state index contributed by atoms with van der Waals surface area (Å²) in [6.07, 6.45) is 80.4. The van der Waals surface area contributed by atoms with Crippen molar-refractivity contribution in [3.05, 3.63) is 34.3 Å². The standard InChI is InChI=1S/C82H144Cl2O4/c1-5-9-13-17-21-25-29-33-37-41-45-49-53-57-61-69-85-75-67-68-76(86-70-62-58-54-50-46-42-38-34-30-26-22-18-14-10-6-2)79-78(75)81(87-71-63-59-55-51-47-43-39-35-31-27-23-19-15-11-7-3)73-65-66-74(83)80(84)77(73)82(79)88-72-64-60-56-52-48-44-40-36-32-28-24-20-16-12-8-4/h65-68H,5-64,69-72H2,1-4H3. The molecule has 3 aromatic rings. The largest absolute Gasteiger partial charge is 0.493 e. The van der Waals surface area contributed by atoms with Crippen LogP contribution in [0.3, 0.4) is 0 Å². The van der Waals surface area contributed by atoms with E-state index in [0.717, 1.165) is 83.1 Å². The van der Waals surface area contributed by atoms with Crippen molar-refractivity contribution in [3.8, 4) is 23.0 Å². The topological polar surface area (TPSA) is 36.9 Å². The van der Waals surface area contributed by atoms with Gasteiger partial charge in [0.05, 0.1) is 47.2 Å². The van der Waals surface area contributed by atoms with Crippen LogP contribution in [0.4, 0.5) is 0 Å². The van der Waals surface area contributed by atoms with E-state index in [4.69, 9.17) is 42.1 Å². The highest BCUT2D eigenvalue weighted by Gasteiger charge is 2.26. The molecule has 0 unspecified atom stereocenters. The Balaban J connectivity index is 1.74. The van der Waals surface area contributed by atoms with Crippen molar-refractivity contribution in [2.45, 2.75) is 413 Å². The van der Waals surface area contributed by atoms with Crippen molar-refractivity contribution in [3.63, 3.8) is 0 Å². The second kappa shape index (κ2) is 59.9. The number of ether oxygens (including phenoxy) is 4. The van der Waals surface area contributed by atoms with Crippen LogP contribution in [-0.4, -0.2) is 26.4 Å². The predicted octanol–water partition coefficient (Wildman–Crippen LogP) is 30.3. The summed E-state index contributed by atoms with van der Waals surface area (Å²) in [5.41, 5.74) is 0. The van der Waals surface area contributed by atoms with Crippen LogP contribution < -0.4 is 18.9 Å². The van der Waals surface area contributed by atoms with Gasteiger partial charge in [0.25, 0.3) is 0 Å². The molecule has 0 aliphatic carbocycles. The maximum absolute atomic E-state index is 7.40. The van der Waals surface area contributed by atoms with Gasteiger partial charge in [0, 0.05) is 10.8 Å². The highest BCUT2D eigenvalue weighted by molar-refractivity contribution is 6.46.